The summed E-state index contributed by atoms with van der Waals surface area (Å²) in [5, 5.41) is 0. The van der Waals surface area contributed by atoms with E-state index in [2.05, 4.69) is 25.9 Å². The van der Waals surface area contributed by atoms with Gasteiger partial charge < -0.3 is 10.6 Å². The summed E-state index contributed by atoms with van der Waals surface area (Å²) in [6.45, 7) is 3.12. The van der Waals surface area contributed by atoms with Crippen LogP contribution in [0.3, 0.4) is 0 Å². The van der Waals surface area contributed by atoms with Crippen LogP contribution in [0.25, 0.3) is 0 Å². The molecule has 0 aromatic rings. The SMILES string of the molecule is CCCCCCCCCCCCCCCCCCC(CCN)N(C)C.Cl. The molecule has 0 aliphatic rings. The largest absolute Gasteiger partial charge is 0.330 e. The van der Waals surface area contributed by atoms with Crippen molar-refractivity contribution in [1.29, 1.82) is 0 Å². The molecule has 0 saturated heterocycles. The van der Waals surface area contributed by atoms with Gasteiger partial charge in [0.25, 0.3) is 0 Å². The summed E-state index contributed by atoms with van der Waals surface area (Å²) in [4.78, 5) is 2.35. The van der Waals surface area contributed by atoms with Gasteiger partial charge in [-0.05, 0) is 33.5 Å². The van der Waals surface area contributed by atoms with Gasteiger partial charge in [0, 0.05) is 6.04 Å². The average Bonchev–Trinajstić information content (AvgIpc) is 2.60. The highest BCUT2D eigenvalue weighted by atomic mass is 35.5. The number of hydrogen-bond acceptors (Lipinski definition) is 2. The summed E-state index contributed by atoms with van der Waals surface area (Å²) >= 11 is 0. The molecule has 1 unspecified atom stereocenters. The molecule has 0 aliphatic heterocycles. The fourth-order valence-corrected chi connectivity index (χ4v) is 3.78. The Morgan fingerprint density at radius 2 is 0.923 bits per heavy atom. The maximum atomic E-state index is 5.70. The zero-order chi connectivity index (χ0) is 18.6. The first kappa shape index (κ1) is 28.4. The molecule has 0 heterocycles. The highest BCUT2D eigenvalue weighted by Crippen LogP contribution is 2.15. The maximum Gasteiger partial charge on any atom is 0.0101 e. The molecule has 2 N–H and O–H groups in total. The molecule has 160 valence electrons. The summed E-state index contributed by atoms with van der Waals surface area (Å²) in [5.74, 6) is 0. The van der Waals surface area contributed by atoms with Crippen LogP contribution < -0.4 is 5.73 Å². The number of hydrogen-bond donors (Lipinski definition) is 1. The predicted molar refractivity (Wildman–Crippen MR) is 123 cm³/mol. The van der Waals surface area contributed by atoms with Gasteiger partial charge in [-0.1, -0.05) is 110 Å². The van der Waals surface area contributed by atoms with Gasteiger partial charge in [-0.2, -0.15) is 0 Å². The predicted octanol–water partition coefficient (Wildman–Crippen LogP) is 7.34. The number of unbranched alkanes of at least 4 members (excludes halogenated alkanes) is 15. The average molecular weight is 391 g/mol. The highest BCUT2D eigenvalue weighted by molar-refractivity contribution is 5.85. The van der Waals surface area contributed by atoms with Crippen LogP contribution in [0.15, 0.2) is 0 Å². The second-order valence-electron chi connectivity index (χ2n) is 8.29. The molecule has 2 nitrogen and oxygen atoms in total. The van der Waals surface area contributed by atoms with Gasteiger partial charge in [0.1, 0.15) is 0 Å². The van der Waals surface area contributed by atoms with E-state index in [-0.39, 0.29) is 12.4 Å². The Balaban J connectivity index is 0. The lowest BCUT2D eigenvalue weighted by Gasteiger charge is -2.23. The van der Waals surface area contributed by atoms with E-state index < -0.39 is 0 Å². The third kappa shape index (κ3) is 20.5. The van der Waals surface area contributed by atoms with E-state index in [0.29, 0.717) is 6.04 Å². The van der Waals surface area contributed by atoms with E-state index in [4.69, 9.17) is 5.73 Å². The van der Waals surface area contributed by atoms with Crippen molar-refractivity contribution in [2.75, 3.05) is 20.6 Å². The molecule has 0 aromatic carbocycles. The molecule has 0 radical (unpaired) electrons. The zero-order valence-corrected chi connectivity index (χ0v) is 19.3. The molecule has 0 saturated carbocycles. The van der Waals surface area contributed by atoms with Crippen LogP contribution in [-0.4, -0.2) is 31.6 Å². The molecule has 26 heavy (non-hydrogen) atoms. The zero-order valence-electron chi connectivity index (χ0n) is 18.4. The second kappa shape index (κ2) is 23.2. The molecular formula is C23H51ClN2. The van der Waals surface area contributed by atoms with Crippen molar-refractivity contribution in [3.8, 4) is 0 Å². The Morgan fingerprint density at radius 3 is 1.23 bits per heavy atom. The Morgan fingerprint density at radius 1 is 0.577 bits per heavy atom. The molecule has 0 fully saturated rings. The molecule has 1 atom stereocenters. The highest BCUT2D eigenvalue weighted by Gasteiger charge is 2.09. The summed E-state index contributed by atoms with van der Waals surface area (Å²) in [5.41, 5.74) is 5.70. The van der Waals surface area contributed by atoms with E-state index >= 15 is 0 Å². The van der Waals surface area contributed by atoms with Crippen molar-refractivity contribution < 1.29 is 0 Å². The molecule has 0 rings (SSSR count). The van der Waals surface area contributed by atoms with Crippen molar-refractivity contribution in [3.63, 3.8) is 0 Å². The Bertz CT molecular complexity index is 246. The molecular weight excluding hydrogens is 340 g/mol. The fourth-order valence-electron chi connectivity index (χ4n) is 3.78. The Labute approximate surface area is 172 Å². The first-order valence-electron chi connectivity index (χ1n) is 11.6. The van der Waals surface area contributed by atoms with Crippen LogP contribution in [0.2, 0.25) is 0 Å². The first-order valence-corrected chi connectivity index (χ1v) is 11.6. The van der Waals surface area contributed by atoms with Gasteiger partial charge in [0.05, 0.1) is 0 Å². The van der Waals surface area contributed by atoms with Crippen molar-refractivity contribution in [2.24, 2.45) is 5.73 Å². The summed E-state index contributed by atoms with van der Waals surface area (Å²) in [6, 6.07) is 0.691. The molecule has 0 spiro atoms. The number of nitrogens with two attached hydrogens (primary N) is 1. The first-order chi connectivity index (χ1) is 12.2. The van der Waals surface area contributed by atoms with Gasteiger partial charge in [0.15, 0.2) is 0 Å². The van der Waals surface area contributed by atoms with Crippen LogP contribution in [0.1, 0.15) is 122 Å². The van der Waals surface area contributed by atoms with E-state index in [0.717, 1.165) is 13.0 Å². The van der Waals surface area contributed by atoms with Gasteiger partial charge in [-0.3, -0.25) is 0 Å². The minimum absolute atomic E-state index is 0. The van der Waals surface area contributed by atoms with Crippen LogP contribution in [0.4, 0.5) is 0 Å². The summed E-state index contributed by atoms with van der Waals surface area (Å²) in [6.07, 6.45) is 25.6. The van der Waals surface area contributed by atoms with E-state index in [1.807, 2.05) is 0 Å². The molecule has 0 aromatic heterocycles. The number of rotatable bonds is 20. The quantitative estimate of drug-likeness (QED) is 0.220. The second-order valence-corrected chi connectivity index (χ2v) is 8.29. The standard InChI is InChI=1S/C23H50N2.ClH/c1-4-5-6-7-8-9-10-11-12-13-14-15-16-17-18-19-20-23(21-22-24)25(2)3;/h23H,4-22,24H2,1-3H3;1H. The normalized spacial score (nSPS) is 12.3. The smallest absolute Gasteiger partial charge is 0.0101 e. The van der Waals surface area contributed by atoms with Crippen molar-refractivity contribution >= 4 is 12.4 Å². The Hall–Kier alpha value is 0.210. The van der Waals surface area contributed by atoms with Crippen LogP contribution in [0, 0.1) is 0 Å². The summed E-state index contributed by atoms with van der Waals surface area (Å²) < 4.78 is 0. The monoisotopic (exact) mass is 390 g/mol. The fraction of sp³-hybridized carbons (Fsp3) is 1.00. The molecule has 0 amide bonds. The van der Waals surface area contributed by atoms with E-state index in [1.165, 1.54) is 109 Å². The molecule has 0 bridgehead atoms. The number of nitrogens with zero attached hydrogens (tertiary/aromatic N) is 1. The number of halogens is 1. The Kier molecular flexibility index (Phi) is 25.4. The third-order valence-corrected chi connectivity index (χ3v) is 5.62. The minimum atomic E-state index is 0. The van der Waals surface area contributed by atoms with Crippen molar-refractivity contribution in [2.45, 2.75) is 129 Å². The summed E-state index contributed by atoms with van der Waals surface area (Å²) in [7, 11) is 4.37. The van der Waals surface area contributed by atoms with Crippen LogP contribution in [-0.2, 0) is 0 Å². The van der Waals surface area contributed by atoms with E-state index in [9.17, 15) is 0 Å². The molecule has 0 aliphatic carbocycles. The van der Waals surface area contributed by atoms with Crippen LogP contribution in [0.5, 0.6) is 0 Å². The lowest BCUT2D eigenvalue weighted by molar-refractivity contribution is 0.260. The van der Waals surface area contributed by atoms with Gasteiger partial charge in [-0.15, -0.1) is 12.4 Å². The third-order valence-electron chi connectivity index (χ3n) is 5.62. The molecule has 3 heteroatoms. The van der Waals surface area contributed by atoms with Crippen molar-refractivity contribution in [3.05, 3.63) is 0 Å². The van der Waals surface area contributed by atoms with Gasteiger partial charge in [0.2, 0.25) is 0 Å². The van der Waals surface area contributed by atoms with Gasteiger partial charge >= 0.3 is 0 Å². The maximum absolute atomic E-state index is 5.70. The lowest BCUT2D eigenvalue weighted by Crippen LogP contribution is -2.30. The van der Waals surface area contributed by atoms with Crippen molar-refractivity contribution in [1.82, 2.24) is 4.90 Å². The lowest BCUT2D eigenvalue weighted by atomic mass is 10.0. The van der Waals surface area contributed by atoms with Gasteiger partial charge in [-0.25, -0.2) is 0 Å². The topological polar surface area (TPSA) is 29.3 Å². The van der Waals surface area contributed by atoms with Crippen LogP contribution >= 0.6 is 12.4 Å². The van der Waals surface area contributed by atoms with E-state index in [1.54, 1.807) is 0 Å². The minimum Gasteiger partial charge on any atom is -0.330 e.